The molecule has 2 aromatic carbocycles. The van der Waals surface area contributed by atoms with Gasteiger partial charge in [0.25, 0.3) is 0 Å². The highest BCUT2D eigenvalue weighted by Gasteiger charge is 2.07. The lowest BCUT2D eigenvalue weighted by molar-refractivity contribution is 0.386. The molecule has 2 aromatic rings. The fourth-order valence-corrected chi connectivity index (χ4v) is 2.53. The lowest BCUT2D eigenvalue weighted by Crippen LogP contribution is -2.02. The highest BCUT2D eigenvalue weighted by molar-refractivity contribution is 7.90. The monoisotopic (exact) mass is 309 g/mol. The van der Waals surface area contributed by atoms with Crippen LogP contribution in [0.5, 0.6) is 5.75 Å². The molecule has 0 heterocycles. The second-order valence-electron chi connectivity index (χ2n) is 4.62. The van der Waals surface area contributed by atoms with Crippen molar-refractivity contribution in [3.05, 3.63) is 53.8 Å². The van der Waals surface area contributed by atoms with Gasteiger partial charge in [0.15, 0.2) is 21.4 Å². The maximum atomic E-state index is 13.6. The number of sulfone groups is 1. The first kappa shape index (κ1) is 15.3. The average Bonchev–Trinajstić information content (AvgIpc) is 2.45. The van der Waals surface area contributed by atoms with E-state index >= 15 is 0 Å². The summed E-state index contributed by atoms with van der Waals surface area (Å²) < 4.78 is 41.4. The van der Waals surface area contributed by atoms with Crippen LogP contribution < -0.4 is 10.1 Å². The summed E-state index contributed by atoms with van der Waals surface area (Å²) >= 11 is 0. The third-order valence-electron chi connectivity index (χ3n) is 2.98. The second-order valence-corrected chi connectivity index (χ2v) is 6.64. The molecule has 0 aliphatic carbocycles. The Kier molecular flexibility index (Phi) is 4.47. The Labute approximate surface area is 123 Å². The van der Waals surface area contributed by atoms with Gasteiger partial charge >= 0.3 is 0 Å². The van der Waals surface area contributed by atoms with Gasteiger partial charge in [-0.15, -0.1) is 0 Å². The van der Waals surface area contributed by atoms with E-state index in [-0.39, 0.29) is 10.6 Å². The van der Waals surface area contributed by atoms with Crippen LogP contribution in [-0.2, 0) is 16.4 Å². The van der Waals surface area contributed by atoms with Crippen molar-refractivity contribution in [3.8, 4) is 5.75 Å². The molecule has 2 rings (SSSR count). The average molecular weight is 309 g/mol. The van der Waals surface area contributed by atoms with Crippen molar-refractivity contribution in [1.82, 2.24) is 0 Å². The van der Waals surface area contributed by atoms with E-state index in [1.807, 2.05) is 0 Å². The minimum atomic E-state index is -3.24. The molecule has 0 saturated carbocycles. The number of hydrogen-bond donors (Lipinski definition) is 1. The molecule has 0 aliphatic heterocycles. The molecule has 4 nitrogen and oxygen atoms in total. The molecular formula is C15H16FNO3S. The third kappa shape index (κ3) is 3.95. The van der Waals surface area contributed by atoms with Crippen molar-refractivity contribution >= 4 is 15.5 Å². The van der Waals surface area contributed by atoms with Crippen molar-refractivity contribution in [1.29, 1.82) is 0 Å². The van der Waals surface area contributed by atoms with Gasteiger partial charge in [0.1, 0.15) is 0 Å². The second kappa shape index (κ2) is 6.13. The van der Waals surface area contributed by atoms with Crippen molar-refractivity contribution < 1.29 is 17.5 Å². The number of anilines is 1. The predicted octanol–water partition coefficient (Wildman–Crippen LogP) is 2.85. The quantitative estimate of drug-likeness (QED) is 0.923. The number of nitrogens with one attached hydrogen (secondary N) is 1. The SMILES string of the molecule is COc1ccc(CNc2cccc(S(C)(=O)=O)c2)cc1F. The molecule has 0 aliphatic rings. The van der Waals surface area contributed by atoms with Crippen molar-refractivity contribution in [2.45, 2.75) is 11.4 Å². The Morgan fingerprint density at radius 3 is 2.57 bits per heavy atom. The van der Waals surface area contributed by atoms with Crippen molar-refractivity contribution in [2.24, 2.45) is 0 Å². The fourth-order valence-electron chi connectivity index (χ4n) is 1.86. The lowest BCUT2D eigenvalue weighted by Gasteiger charge is -2.09. The van der Waals surface area contributed by atoms with Gasteiger partial charge in [-0.3, -0.25) is 0 Å². The normalized spacial score (nSPS) is 11.2. The van der Waals surface area contributed by atoms with E-state index in [1.54, 1.807) is 30.3 Å². The highest BCUT2D eigenvalue weighted by Crippen LogP contribution is 2.19. The smallest absolute Gasteiger partial charge is 0.175 e. The molecule has 0 aromatic heterocycles. The van der Waals surface area contributed by atoms with Crippen LogP contribution in [0.3, 0.4) is 0 Å². The summed E-state index contributed by atoms with van der Waals surface area (Å²) in [4.78, 5) is 0.244. The molecule has 1 N–H and O–H groups in total. The van der Waals surface area contributed by atoms with E-state index < -0.39 is 15.7 Å². The van der Waals surface area contributed by atoms with Crippen LogP contribution >= 0.6 is 0 Å². The molecular weight excluding hydrogens is 293 g/mol. The number of benzene rings is 2. The van der Waals surface area contributed by atoms with E-state index in [1.165, 1.54) is 19.2 Å². The van der Waals surface area contributed by atoms with Gasteiger partial charge in [0.05, 0.1) is 12.0 Å². The van der Waals surface area contributed by atoms with Gasteiger partial charge in [-0.2, -0.15) is 0 Å². The maximum Gasteiger partial charge on any atom is 0.175 e. The zero-order valence-corrected chi connectivity index (χ0v) is 12.6. The molecule has 0 atom stereocenters. The van der Waals surface area contributed by atoms with E-state index in [2.05, 4.69) is 5.32 Å². The van der Waals surface area contributed by atoms with E-state index in [0.29, 0.717) is 12.2 Å². The molecule has 0 unspecified atom stereocenters. The number of methoxy groups -OCH3 is 1. The summed E-state index contributed by atoms with van der Waals surface area (Å²) in [5.41, 5.74) is 1.40. The van der Waals surface area contributed by atoms with Crippen LogP contribution in [0.15, 0.2) is 47.4 Å². The molecule has 0 fully saturated rings. The molecule has 0 spiro atoms. The summed E-state index contributed by atoms with van der Waals surface area (Å²) in [7, 11) is -1.83. The summed E-state index contributed by atoms with van der Waals surface area (Å²) in [5.74, 6) is -0.237. The highest BCUT2D eigenvalue weighted by atomic mass is 32.2. The third-order valence-corrected chi connectivity index (χ3v) is 4.09. The lowest BCUT2D eigenvalue weighted by atomic mass is 10.2. The van der Waals surface area contributed by atoms with Crippen LogP contribution in [0, 0.1) is 5.82 Å². The summed E-state index contributed by atoms with van der Waals surface area (Å²) in [6.45, 7) is 0.383. The Morgan fingerprint density at radius 1 is 1.19 bits per heavy atom. The molecule has 0 bridgehead atoms. The molecule has 6 heteroatoms. The van der Waals surface area contributed by atoms with Crippen molar-refractivity contribution in [2.75, 3.05) is 18.7 Å². The minimum Gasteiger partial charge on any atom is -0.494 e. The zero-order valence-electron chi connectivity index (χ0n) is 11.8. The molecule has 0 amide bonds. The Bertz CT molecular complexity index is 744. The Hall–Kier alpha value is -2.08. The number of halogens is 1. The van der Waals surface area contributed by atoms with Crippen LogP contribution in [0.4, 0.5) is 10.1 Å². The first-order valence-corrected chi connectivity index (χ1v) is 8.15. The van der Waals surface area contributed by atoms with Crippen LogP contribution in [0.25, 0.3) is 0 Å². The van der Waals surface area contributed by atoms with Gasteiger partial charge < -0.3 is 10.1 Å². The van der Waals surface area contributed by atoms with Crippen LogP contribution in [0.1, 0.15) is 5.56 Å². The minimum absolute atomic E-state index is 0.192. The topological polar surface area (TPSA) is 55.4 Å². The zero-order chi connectivity index (χ0) is 15.5. The van der Waals surface area contributed by atoms with Gasteiger partial charge in [-0.1, -0.05) is 12.1 Å². The van der Waals surface area contributed by atoms with Crippen LogP contribution in [-0.4, -0.2) is 21.8 Å². The van der Waals surface area contributed by atoms with E-state index in [0.717, 1.165) is 11.8 Å². The summed E-state index contributed by atoms with van der Waals surface area (Å²) in [6, 6.07) is 11.2. The van der Waals surface area contributed by atoms with E-state index in [9.17, 15) is 12.8 Å². The van der Waals surface area contributed by atoms with Crippen molar-refractivity contribution in [3.63, 3.8) is 0 Å². The van der Waals surface area contributed by atoms with Gasteiger partial charge in [0.2, 0.25) is 0 Å². The predicted molar refractivity (Wildman–Crippen MR) is 79.8 cm³/mol. The summed E-state index contributed by atoms with van der Waals surface area (Å²) in [5, 5.41) is 3.07. The van der Waals surface area contributed by atoms with Gasteiger partial charge in [0, 0.05) is 18.5 Å². The first-order chi connectivity index (χ1) is 9.90. The summed E-state index contributed by atoms with van der Waals surface area (Å²) in [6.07, 6.45) is 1.16. The van der Waals surface area contributed by atoms with Crippen LogP contribution in [0.2, 0.25) is 0 Å². The Balaban J connectivity index is 2.11. The number of rotatable bonds is 5. The first-order valence-electron chi connectivity index (χ1n) is 6.26. The van der Waals surface area contributed by atoms with Gasteiger partial charge in [-0.25, -0.2) is 12.8 Å². The standard InChI is InChI=1S/C15H16FNO3S/c1-20-15-7-6-11(8-14(15)16)10-17-12-4-3-5-13(9-12)21(2,18)19/h3-9,17H,10H2,1-2H3. The molecule has 21 heavy (non-hydrogen) atoms. The molecule has 112 valence electrons. The van der Waals surface area contributed by atoms with Gasteiger partial charge in [-0.05, 0) is 35.9 Å². The maximum absolute atomic E-state index is 13.6. The Morgan fingerprint density at radius 2 is 1.95 bits per heavy atom. The number of ether oxygens (including phenoxy) is 1. The van der Waals surface area contributed by atoms with E-state index in [4.69, 9.17) is 4.74 Å². The fraction of sp³-hybridized carbons (Fsp3) is 0.200. The molecule has 0 radical (unpaired) electrons. The molecule has 0 saturated heterocycles. The number of hydrogen-bond acceptors (Lipinski definition) is 4. The largest absolute Gasteiger partial charge is 0.494 e.